The Labute approximate surface area is 77.6 Å². The van der Waals surface area contributed by atoms with Gasteiger partial charge < -0.3 is 10.2 Å². The average molecular weight is 188 g/mol. The van der Waals surface area contributed by atoms with Gasteiger partial charge in [-0.05, 0) is 18.3 Å². The number of aliphatic carboxylic acids is 2. The van der Waals surface area contributed by atoms with E-state index in [1.54, 1.807) is 0 Å². The zero-order valence-electron chi connectivity index (χ0n) is 8.04. The second kappa shape index (κ2) is 4.84. The molecule has 0 aliphatic carbocycles. The Bertz CT molecular complexity index is 176. The van der Waals surface area contributed by atoms with E-state index in [0.29, 0.717) is 12.8 Å². The van der Waals surface area contributed by atoms with Gasteiger partial charge in [0.15, 0.2) is 0 Å². The Morgan fingerprint density at radius 3 is 1.46 bits per heavy atom. The van der Waals surface area contributed by atoms with Crippen LogP contribution in [0.25, 0.3) is 0 Å². The molecule has 0 aromatic carbocycles. The quantitative estimate of drug-likeness (QED) is 0.665. The van der Waals surface area contributed by atoms with Crippen molar-refractivity contribution in [1.82, 2.24) is 0 Å². The molecular weight excluding hydrogens is 172 g/mol. The van der Waals surface area contributed by atoms with E-state index < -0.39 is 17.4 Å². The van der Waals surface area contributed by atoms with Gasteiger partial charge in [-0.2, -0.15) is 0 Å². The van der Waals surface area contributed by atoms with Crippen LogP contribution in [-0.4, -0.2) is 22.2 Å². The van der Waals surface area contributed by atoms with Gasteiger partial charge in [0.2, 0.25) is 0 Å². The molecular formula is C9H16O4. The van der Waals surface area contributed by atoms with Crippen LogP contribution < -0.4 is 0 Å². The lowest BCUT2D eigenvalue weighted by Gasteiger charge is -2.27. The fourth-order valence-corrected chi connectivity index (χ4v) is 1.45. The first-order chi connectivity index (χ1) is 5.95. The summed E-state index contributed by atoms with van der Waals surface area (Å²) in [5, 5.41) is 17.3. The minimum atomic E-state index is -0.926. The number of hydrogen-bond donors (Lipinski definition) is 2. The van der Waals surface area contributed by atoms with Crippen molar-refractivity contribution >= 4 is 11.9 Å². The molecule has 0 rings (SSSR count). The third-order valence-corrected chi connectivity index (χ3v) is 2.55. The molecule has 0 saturated heterocycles. The largest absolute Gasteiger partial charge is 0.481 e. The molecule has 4 nitrogen and oxygen atoms in total. The summed E-state index contributed by atoms with van der Waals surface area (Å²) in [6.07, 6.45) is 1.04. The lowest BCUT2D eigenvalue weighted by Crippen LogP contribution is -2.26. The third-order valence-electron chi connectivity index (χ3n) is 2.55. The first kappa shape index (κ1) is 11.9. The van der Waals surface area contributed by atoms with Crippen LogP contribution in [0, 0.1) is 5.41 Å². The Morgan fingerprint density at radius 2 is 1.31 bits per heavy atom. The molecule has 0 saturated carbocycles. The first-order valence-corrected chi connectivity index (χ1v) is 4.39. The minimum Gasteiger partial charge on any atom is -0.481 e. The van der Waals surface area contributed by atoms with Crippen LogP contribution in [0.4, 0.5) is 0 Å². The predicted octanol–water partition coefficient (Wildman–Crippen LogP) is 1.74. The van der Waals surface area contributed by atoms with Gasteiger partial charge in [-0.1, -0.05) is 13.8 Å². The van der Waals surface area contributed by atoms with Crippen molar-refractivity contribution in [1.29, 1.82) is 0 Å². The van der Waals surface area contributed by atoms with Crippen LogP contribution >= 0.6 is 0 Å². The fraction of sp³-hybridized carbons (Fsp3) is 0.778. The number of hydrogen-bond acceptors (Lipinski definition) is 2. The maximum atomic E-state index is 10.5. The SMILES string of the molecule is CCC(CC)(CC(=O)O)CC(=O)O. The van der Waals surface area contributed by atoms with Crippen LogP contribution in [0.15, 0.2) is 0 Å². The van der Waals surface area contributed by atoms with E-state index >= 15 is 0 Å². The first-order valence-electron chi connectivity index (χ1n) is 4.39. The van der Waals surface area contributed by atoms with E-state index in [1.165, 1.54) is 0 Å². The smallest absolute Gasteiger partial charge is 0.303 e. The van der Waals surface area contributed by atoms with Crippen LogP contribution in [0.1, 0.15) is 39.5 Å². The average Bonchev–Trinajstić information content (AvgIpc) is 2.01. The van der Waals surface area contributed by atoms with E-state index in [9.17, 15) is 9.59 Å². The predicted molar refractivity (Wildman–Crippen MR) is 47.5 cm³/mol. The van der Waals surface area contributed by atoms with Crippen LogP contribution in [0.5, 0.6) is 0 Å². The third kappa shape index (κ3) is 3.92. The van der Waals surface area contributed by atoms with Gasteiger partial charge in [-0.25, -0.2) is 0 Å². The van der Waals surface area contributed by atoms with Crippen molar-refractivity contribution in [3.8, 4) is 0 Å². The van der Waals surface area contributed by atoms with E-state index in [4.69, 9.17) is 10.2 Å². The molecule has 0 aliphatic rings. The Balaban J connectivity index is 4.48. The highest BCUT2D eigenvalue weighted by Gasteiger charge is 2.31. The van der Waals surface area contributed by atoms with E-state index in [1.807, 2.05) is 13.8 Å². The highest BCUT2D eigenvalue weighted by molar-refractivity contribution is 5.71. The number of carboxylic acid groups (broad SMARTS) is 2. The Morgan fingerprint density at radius 1 is 1.00 bits per heavy atom. The summed E-state index contributed by atoms with van der Waals surface area (Å²) in [5.74, 6) is -1.85. The molecule has 13 heavy (non-hydrogen) atoms. The minimum absolute atomic E-state index is 0.0632. The molecule has 0 aromatic rings. The molecule has 0 spiro atoms. The molecule has 0 aromatic heterocycles. The maximum absolute atomic E-state index is 10.5. The molecule has 0 atom stereocenters. The highest BCUT2D eigenvalue weighted by Crippen LogP contribution is 2.34. The van der Waals surface area contributed by atoms with Crippen molar-refractivity contribution in [2.24, 2.45) is 5.41 Å². The van der Waals surface area contributed by atoms with Crippen LogP contribution in [-0.2, 0) is 9.59 Å². The van der Waals surface area contributed by atoms with Crippen molar-refractivity contribution in [3.05, 3.63) is 0 Å². The topological polar surface area (TPSA) is 74.6 Å². The molecule has 2 N–H and O–H groups in total. The molecule has 0 amide bonds. The summed E-state index contributed by atoms with van der Waals surface area (Å²) in [4.78, 5) is 21.0. The number of rotatable bonds is 6. The van der Waals surface area contributed by atoms with Gasteiger partial charge in [0, 0.05) is 0 Å². The van der Waals surface area contributed by atoms with Gasteiger partial charge in [0.05, 0.1) is 12.8 Å². The number of carboxylic acids is 2. The number of carbonyl (C=O) groups is 2. The summed E-state index contributed by atoms with van der Waals surface area (Å²) >= 11 is 0. The second-order valence-corrected chi connectivity index (χ2v) is 3.35. The van der Waals surface area contributed by atoms with E-state index in [-0.39, 0.29) is 12.8 Å². The lowest BCUT2D eigenvalue weighted by molar-refractivity contribution is -0.144. The monoisotopic (exact) mass is 188 g/mol. The van der Waals surface area contributed by atoms with Gasteiger partial charge in [-0.15, -0.1) is 0 Å². The molecule has 76 valence electrons. The molecule has 0 radical (unpaired) electrons. The van der Waals surface area contributed by atoms with Crippen LogP contribution in [0.3, 0.4) is 0 Å². The van der Waals surface area contributed by atoms with Gasteiger partial charge in [0.1, 0.15) is 0 Å². The zero-order valence-corrected chi connectivity index (χ0v) is 8.04. The molecule has 0 unspecified atom stereocenters. The molecule has 0 heterocycles. The van der Waals surface area contributed by atoms with Gasteiger partial charge in [0.25, 0.3) is 0 Å². The maximum Gasteiger partial charge on any atom is 0.303 e. The van der Waals surface area contributed by atoms with Gasteiger partial charge in [-0.3, -0.25) is 9.59 Å². The van der Waals surface area contributed by atoms with Crippen LogP contribution in [0.2, 0.25) is 0 Å². The zero-order chi connectivity index (χ0) is 10.5. The summed E-state index contributed by atoms with van der Waals surface area (Å²) in [7, 11) is 0. The fourth-order valence-electron chi connectivity index (χ4n) is 1.45. The van der Waals surface area contributed by atoms with Crippen molar-refractivity contribution in [2.45, 2.75) is 39.5 Å². The standard InChI is InChI=1S/C9H16O4/c1-3-9(4-2,5-7(10)11)6-8(12)13/h3-6H2,1-2H3,(H,10,11)(H,12,13). The molecule has 0 aliphatic heterocycles. The normalized spacial score (nSPS) is 11.2. The second-order valence-electron chi connectivity index (χ2n) is 3.35. The highest BCUT2D eigenvalue weighted by atomic mass is 16.4. The molecule has 0 bridgehead atoms. The lowest BCUT2D eigenvalue weighted by atomic mass is 9.76. The van der Waals surface area contributed by atoms with Crippen molar-refractivity contribution in [2.75, 3.05) is 0 Å². The summed E-state index contributed by atoms with van der Waals surface area (Å²) in [6.45, 7) is 3.66. The van der Waals surface area contributed by atoms with E-state index in [2.05, 4.69) is 0 Å². The molecule has 0 fully saturated rings. The Kier molecular flexibility index (Phi) is 4.45. The van der Waals surface area contributed by atoms with Crippen molar-refractivity contribution < 1.29 is 19.8 Å². The van der Waals surface area contributed by atoms with Gasteiger partial charge >= 0.3 is 11.9 Å². The summed E-state index contributed by atoms with van der Waals surface area (Å²) in [5.41, 5.74) is -0.572. The summed E-state index contributed by atoms with van der Waals surface area (Å²) < 4.78 is 0. The molecule has 4 heteroatoms. The van der Waals surface area contributed by atoms with Crippen molar-refractivity contribution in [3.63, 3.8) is 0 Å². The summed E-state index contributed by atoms with van der Waals surface area (Å²) in [6, 6.07) is 0. The Hall–Kier alpha value is -1.06. The van der Waals surface area contributed by atoms with E-state index in [0.717, 1.165) is 0 Å².